The molecule has 68 valence electrons. The van der Waals surface area contributed by atoms with E-state index in [1.54, 1.807) is 11.1 Å². The summed E-state index contributed by atoms with van der Waals surface area (Å²) in [6.45, 7) is 13.0. The third-order valence-corrected chi connectivity index (χ3v) is 3.88. The molecule has 2 atom stereocenters. The maximum Gasteiger partial charge on any atom is -0.00507 e. The molecule has 0 aromatic rings. The van der Waals surface area contributed by atoms with E-state index in [4.69, 9.17) is 0 Å². The first-order chi connectivity index (χ1) is 5.57. The van der Waals surface area contributed by atoms with Crippen molar-refractivity contribution in [3.8, 4) is 0 Å². The van der Waals surface area contributed by atoms with Crippen LogP contribution in [0.25, 0.3) is 0 Å². The lowest BCUT2D eigenvalue weighted by Crippen LogP contribution is -2.38. The lowest BCUT2D eigenvalue weighted by molar-refractivity contribution is 0.208. The lowest BCUT2D eigenvalue weighted by atomic mass is 9.56. The number of rotatable bonds is 3. The Balaban J connectivity index is 2.85. The van der Waals surface area contributed by atoms with Crippen LogP contribution in [0, 0.1) is 11.3 Å². The molecule has 0 N–H and O–H groups in total. The van der Waals surface area contributed by atoms with Gasteiger partial charge < -0.3 is 0 Å². The number of hydrogen-bond donors (Lipinski definition) is 0. The van der Waals surface area contributed by atoms with Crippen LogP contribution < -0.4 is 0 Å². The minimum Gasteiger partial charge on any atom is -0.103 e. The van der Waals surface area contributed by atoms with Crippen LogP contribution in [0.4, 0.5) is 0 Å². The molecular weight excluding hydrogens is 144 g/mol. The van der Waals surface area contributed by atoms with Gasteiger partial charge in [-0.25, -0.2) is 0 Å². The first kappa shape index (κ1) is 9.57. The van der Waals surface area contributed by atoms with Gasteiger partial charge >= 0.3 is 0 Å². The molecule has 12 heavy (non-hydrogen) atoms. The molecule has 0 fully saturated rings. The molecule has 0 amide bonds. The van der Waals surface area contributed by atoms with Crippen molar-refractivity contribution in [2.24, 2.45) is 11.3 Å². The van der Waals surface area contributed by atoms with Gasteiger partial charge in [-0.2, -0.15) is 0 Å². The van der Waals surface area contributed by atoms with E-state index in [1.165, 1.54) is 6.42 Å². The van der Waals surface area contributed by atoms with E-state index in [0.29, 0.717) is 5.41 Å². The summed E-state index contributed by atoms with van der Waals surface area (Å²) in [4.78, 5) is 0. The van der Waals surface area contributed by atoms with Gasteiger partial charge in [0.2, 0.25) is 0 Å². The fourth-order valence-electron chi connectivity index (χ4n) is 2.49. The van der Waals surface area contributed by atoms with Crippen LogP contribution in [-0.4, -0.2) is 0 Å². The maximum atomic E-state index is 3.82. The zero-order chi connectivity index (χ0) is 9.35. The summed E-state index contributed by atoms with van der Waals surface area (Å²) in [5, 5.41) is 0. The Kier molecular flexibility index (Phi) is 2.46. The number of hydrogen-bond acceptors (Lipinski definition) is 0. The highest BCUT2D eigenvalue weighted by Gasteiger charge is 2.43. The molecule has 0 radical (unpaired) electrons. The van der Waals surface area contributed by atoms with Crippen LogP contribution >= 0.6 is 0 Å². The molecule has 0 aliphatic heterocycles. The molecule has 0 bridgehead atoms. The minimum atomic E-state index is 0.471. The van der Waals surface area contributed by atoms with Crippen molar-refractivity contribution in [3.63, 3.8) is 0 Å². The standard InChI is InChI=1S/C12H20/c1-6-8-11-9(3)10(4)12(11,5)7-2/h6,11H,1,7-8H2,2-5H3. The summed E-state index contributed by atoms with van der Waals surface area (Å²) in [5.74, 6) is 0.764. The van der Waals surface area contributed by atoms with Gasteiger partial charge in [-0.15, -0.1) is 6.58 Å². The number of allylic oxidation sites excluding steroid dienone is 3. The molecule has 1 rings (SSSR count). The topological polar surface area (TPSA) is 0 Å². The fraction of sp³-hybridized carbons (Fsp3) is 0.667. The molecule has 0 aromatic heterocycles. The lowest BCUT2D eigenvalue weighted by Gasteiger charge is -2.49. The zero-order valence-electron chi connectivity index (χ0n) is 8.78. The smallest absolute Gasteiger partial charge is 0.00507 e. The van der Waals surface area contributed by atoms with E-state index in [2.05, 4.69) is 40.3 Å². The average molecular weight is 164 g/mol. The summed E-state index contributed by atoms with van der Waals surface area (Å²) < 4.78 is 0. The largest absolute Gasteiger partial charge is 0.103 e. The fourth-order valence-corrected chi connectivity index (χ4v) is 2.49. The summed E-state index contributed by atoms with van der Waals surface area (Å²) in [5.41, 5.74) is 3.68. The monoisotopic (exact) mass is 164 g/mol. The van der Waals surface area contributed by atoms with Crippen molar-refractivity contribution in [1.29, 1.82) is 0 Å². The second-order valence-electron chi connectivity index (χ2n) is 4.16. The summed E-state index contributed by atoms with van der Waals surface area (Å²) >= 11 is 0. The molecule has 0 spiro atoms. The Bertz CT molecular complexity index is 222. The molecule has 2 unspecified atom stereocenters. The Morgan fingerprint density at radius 3 is 2.50 bits per heavy atom. The third-order valence-electron chi connectivity index (χ3n) is 3.88. The van der Waals surface area contributed by atoms with E-state index < -0.39 is 0 Å². The quantitative estimate of drug-likeness (QED) is 0.554. The molecule has 0 aromatic carbocycles. The second-order valence-corrected chi connectivity index (χ2v) is 4.16. The second kappa shape index (κ2) is 3.08. The van der Waals surface area contributed by atoms with Gasteiger partial charge in [0.15, 0.2) is 0 Å². The van der Waals surface area contributed by atoms with Gasteiger partial charge in [0.1, 0.15) is 0 Å². The van der Waals surface area contributed by atoms with Gasteiger partial charge in [0, 0.05) is 0 Å². The first-order valence-corrected chi connectivity index (χ1v) is 4.86. The Morgan fingerprint density at radius 1 is 1.50 bits per heavy atom. The van der Waals surface area contributed by atoms with Crippen LogP contribution in [0.2, 0.25) is 0 Å². The molecule has 1 aliphatic rings. The van der Waals surface area contributed by atoms with Crippen LogP contribution in [0.1, 0.15) is 40.5 Å². The molecule has 0 saturated heterocycles. The Labute approximate surface area is 76.4 Å². The predicted molar refractivity (Wildman–Crippen MR) is 55.1 cm³/mol. The van der Waals surface area contributed by atoms with Crippen molar-refractivity contribution in [1.82, 2.24) is 0 Å². The van der Waals surface area contributed by atoms with Gasteiger partial charge in [-0.3, -0.25) is 0 Å². The van der Waals surface area contributed by atoms with Crippen LogP contribution in [0.3, 0.4) is 0 Å². The SMILES string of the molecule is C=CCC1C(C)=C(C)C1(C)CC. The van der Waals surface area contributed by atoms with Crippen LogP contribution in [0.5, 0.6) is 0 Å². The summed E-state index contributed by atoms with van der Waals surface area (Å²) in [6, 6.07) is 0. The van der Waals surface area contributed by atoms with Crippen LogP contribution in [-0.2, 0) is 0 Å². The van der Waals surface area contributed by atoms with Crippen LogP contribution in [0.15, 0.2) is 23.8 Å². The minimum absolute atomic E-state index is 0.471. The summed E-state index contributed by atoms with van der Waals surface area (Å²) in [6.07, 6.45) is 4.46. The zero-order valence-corrected chi connectivity index (χ0v) is 8.78. The van der Waals surface area contributed by atoms with Gasteiger partial charge in [-0.1, -0.05) is 31.1 Å². The van der Waals surface area contributed by atoms with E-state index in [1.807, 2.05) is 0 Å². The van der Waals surface area contributed by atoms with Crippen molar-refractivity contribution >= 4 is 0 Å². The Hall–Kier alpha value is -0.520. The van der Waals surface area contributed by atoms with E-state index >= 15 is 0 Å². The molecule has 0 nitrogen and oxygen atoms in total. The normalized spacial score (nSPS) is 34.8. The van der Waals surface area contributed by atoms with Crippen molar-refractivity contribution in [2.45, 2.75) is 40.5 Å². The molecule has 0 heteroatoms. The van der Waals surface area contributed by atoms with Crippen molar-refractivity contribution in [2.75, 3.05) is 0 Å². The maximum absolute atomic E-state index is 3.82. The summed E-state index contributed by atoms with van der Waals surface area (Å²) in [7, 11) is 0. The van der Waals surface area contributed by atoms with E-state index in [9.17, 15) is 0 Å². The first-order valence-electron chi connectivity index (χ1n) is 4.86. The van der Waals surface area contributed by atoms with Crippen molar-refractivity contribution in [3.05, 3.63) is 23.8 Å². The van der Waals surface area contributed by atoms with Gasteiger partial charge in [0.25, 0.3) is 0 Å². The molecular formula is C12H20. The Morgan fingerprint density at radius 2 is 2.08 bits per heavy atom. The third kappa shape index (κ3) is 1.05. The molecule has 0 heterocycles. The molecule has 1 aliphatic carbocycles. The van der Waals surface area contributed by atoms with Gasteiger partial charge in [-0.05, 0) is 38.0 Å². The average Bonchev–Trinajstić information content (AvgIpc) is 2.11. The van der Waals surface area contributed by atoms with Gasteiger partial charge in [0.05, 0.1) is 0 Å². The van der Waals surface area contributed by atoms with Crippen molar-refractivity contribution < 1.29 is 0 Å². The van der Waals surface area contributed by atoms with E-state index in [-0.39, 0.29) is 0 Å². The van der Waals surface area contributed by atoms with E-state index in [0.717, 1.165) is 12.3 Å². The highest BCUT2D eigenvalue weighted by Crippen LogP contribution is 2.54. The highest BCUT2D eigenvalue weighted by molar-refractivity contribution is 5.35. The molecule has 0 saturated carbocycles. The predicted octanol–water partition coefficient (Wildman–Crippen LogP) is 3.95. The highest BCUT2D eigenvalue weighted by atomic mass is 14.5.